The first-order chi connectivity index (χ1) is 8.10. The smallest absolute Gasteiger partial charge is 0.317 e. The van der Waals surface area contributed by atoms with Crippen LogP contribution in [0.5, 0.6) is 0 Å². The lowest BCUT2D eigenvalue weighted by molar-refractivity contribution is -0.147. The van der Waals surface area contributed by atoms with Gasteiger partial charge in [-0.2, -0.15) is 0 Å². The first kappa shape index (κ1) is 13.7. The van der Waals surface area contributed by atoms with Gasteiger partial charge in [-0.1, -0.05) is 43.2 Å². The molecule has 1 aromatic carbocycles. The molecule has 1 rings (SSSR count). The van der Waals surface area contributed by atoms with E-state index < -0.39 is 5.41 Å². The van der Waals surface area contributed by atoms with E-state index >= 15 is 0 Å². The van der Waals surface area contributed by atoms with Gasteiger partial charge in [0, 0.05) is 6.54 Å². The molecule has 2 N–H and O–H groups in total. The Morgan fingerprint density at radius 2 is 1.94 bits per heavy atom. The van der Waals surface area contributed by atoms with E-state index in [0.717, 1.165) is 12.0 Å². The van der Waals surface area contributed by atoms with E-state index in [4.69, 9.17) is 10.5 Å². The van der Waals surface area contributed by atoms with Crippen molar-refractivity contribution in [1.29, 1.82) is 0 Å². The predicted octanol–water partition coefficient (Wildman–Crippen LogP) is 2.16. The molecule has 0 aromatic heterocycles. The van der Waals surface area contributed by atoms with Crippen LogP contribution < -0.4 is 5.73 Å². The molecule has 17 heavy (non-hydrogen) atoms. The van der Waals surface area contributed by atoms with Crippen LogP contribution in [-0.4, -0.2) is 19.6 Å². The minimum absolute atomic E-state index is 0.245. The second-order valence-electron chi connectivity index (χ2n) is 4.39. The topological polar surface area (TPSA) is 52.3 Å². The summed E-state index contributed by atoms with van der Waals surface area (Å²) in [6, 6.07) is 7.93. The molecular formula is C14H21NO2. The zero-order valence-corrected chi connectivity index (χ0v) is 10.8. The van der Waals surface area contributed by atoms with Crippen LogP contribution in [0.4, 0.5) is 0 Å². The van der Waals surface area contributed by atoms with Gasteiger partial charge in [0.1, 0.15) is 5.41 Å². The number of ether oxygens (including phenoxy) is 1. The summed E-state index contributed by atoms with van der Waals surface area (Å²) in [5.41, 5.74) is 7.25. The van der Waals surface area contributed by atoms with Gasteiger partial charge in [0.15, 0.2) is 0 Å². The van der Waals surface area contributed by atoms with Crippen LogP contribution in [0.2, 0.25) is 0 Å². The van der Waals surface area contributed by atoms with Gasteiger partial charge in [-0.15, -0.1) is 0 Å². The molecule has 0 spiro atoms. The van der Waals surface area contributed by atoms with E-state index in [2.05, 4.69) is 0 Å². The molecule has 0 saturated heterocycles. The number of aryl methyl sites for hydroxylation is 1. The van der Waals surface area contributed by atoms with Gasteiger partial charge in [-0.05, 0) is 18.9 Å². The molecule has 1 unspecified atom stereocenters. The highest BCUT2D eigenvalue weighted by Gasteiger charge is 2.39. The van der Waals surface area contributed by atoms with Crippen LogP contribution >= 0.6 is 0 Å². The van der Waals surface area contributed by atoms with Crippen molar-refractivity contribution in [3.8, 4) is 0 Å². The molecule has 3 nitrogen and oxygen atoms in total. The van der Waals surface area contributed by atoms with E-state index in [-0.39, 0.29) is 12.5 Å². The van der Waals surface area contributed by atoms with E-state index in [1.807, 2.05) is 38.1 Å². The molecule has 0 aliphatic carbocycles. The third kappa shape index (κ3) is 2.67. The van der Waals surface area contributed by atoms with Crippen LogP contribution in [0, 0.1) is 6.92 Å². The monoisotopic (exact) mass is 235 g/mol. The lowest BCUT2D eigenvalue weighted by Crippen LogP contribution is -2.43. The summed E-state index contributed by atoms with van der Waals surface area (Å²) >= 11 is 0. The molecule has 1 atom stereocenters. The molecule has 3 heteroatoms. The van der Waals surface area contributed by atoms with Crippen LogP contribution in [0.3, 0.4) is 0 Å². The van der Waals surface area contributed by atoms with Crippen molar-refractivity contribution in [2.45, 2.75) is 32.1 Å². The average molecular weight is 235 g/mol. The van der Waals surface area contributed by atoms with Gasteiger partial charge in [0.25, 0.3) is 0 Å². The van der Waals surface area contributed by atoms with Crippen molar-refractivity contribution >= 4 is 5.97 Å². The van der Waals surface area contributed by atoms with Crippen LogP contribution in [0.15, 0.2) is 24.3 Å². The number of hydrogen-bond donors (Lipinski definition) is 1. The van der Waals surface area contributed by atoms with Gasteiger partial charge >= 0.3 is 5.97 Å². The Morgan fingerprint density at radius 1 is 1.35 bits per heavy atom. The highest BCUT2D eigenvalue weighted by Crippen LogP contribution is 2.30. The Labute approximate surface area is 103 Å². The fourth-order valence-corrected chi connectivity index (χ4v) is 2.16. The summed E-state index contributed by atoms with van der Waals surface area (Å²) in [6.45, 7) is 4.34. The quantitative estimate of drug-likeness (QED) is 0.796. The number of carbonyl (C=O) groups excluding carboxylic acids is 1. The Bertz CT molecular complexity index is 372. The van der Waals surface area contributed by atoms with Gasteiger partial charge in [-0.25, -0.2) is 0 Å². The molecule has 0 heterocycles. The Hall–Kier alpha value is -1.35. The summed E-state index contributed by atoms with van der Waals surface area (Å²) in [5, 5.41) is 0. The molecule has 0 fully saturated rings. The molecule has 0 saturated carbocycles. The van der Waals surface area contributed by atoms with Crippen molar-refractivity contribution in [2.75, 3.05) is 13.7 Å². The third-order valence-electron chi connectivity index (χ3n) is 3.21. The standard InChI is InChI=1S/C14H21NO2/c1-4-9-14(10-15,13(16)17-3)12-7-5-11(2)6-8-12/h5-8H,4,9-10,15H2,1-3H3. The fourth-order valence-electron chi connectivity index (χ4n) is 2.16. The summed E-state index contributed by atoms with van der Waals surface area (Å²) in [5.74, 6) is -0.245. The van der Waals surface area contributed by atoms with Gasteiger partial charge in [0.2, 0.25) is 0 Å². The van der Waals surface area contributed by atoms with E-state index in [9.17, 15) is 4.79 Å². The Balaban J connectivity index is 3.20. The fraction of sp³-hybridized carbons (Fsp3) is 0.500. The van der Waals surface area contributed by atoms with Crippen molar-refractivity contribution in [2.24, 2.45) is 5.73 Å². The molecule has 1 aromatic rings. The average Bonchev–Trinajstić information content (AvgIpc) is 2.36. The van der Waals surface area contributed by atoms with Gasteiger partial charge in [-0.3, -0.25) is 4.79 Å². The summed E-state index contributed by atoms with van der Waals surface area (Å²) < 4.78 is 4.92. The number of carbonyl (C=O) groups is 1. The van der Waals surface area contributed by atoms with Crippen LogP contribution in [0.25, 0.3) is 0 Å². The normalized spacial score (nSPS) is 14.1. The number of rotatable bonds is 5. The maximum absolute atomic E-state index is 12.0. The number of hydrogen-bond acceptors (Lipinski definition) is 3. The van der Waals surface area contributed by atoms with E-state index in [1.54, 1.807) is 0 Å². The molecule has 0 bridgehead atoms. The molecule has 0 aliphatic heterocycles. The molecule has 0 amide bonds. The molecular weight excluding hydrogens is 214 g/mol. The summed E-state index contributed by atoms with van der Waals surface area (Å²) in [6.07, 6.45) is 1.60. The molecule has 0 radical (unpaired) electrons. The molecule has 94 valence electrons. The summed E-state index contributed by atoms with van der Waals surface area (Å²) in [7, 11) is 1.41. The second kappa shape index (κ2) is 5.82. The Kier molecular flexibility index (Phi) is 4.70. The number of benzene rings is 1. The predicted molar refractivity (Wildman–Crippen MR) is 68.8 cm³/mol. The SMILES string of the molecule is CCCC(CN)(C(=O)OC)c1ccc(C)cc1. The van der Waals surface area contributed by atoms with Crippen molar-refractivity contribution in [3.63, 3.8) is 0 Å². The van der Waals surface area contributed by atoms with Gasteiger partial charge in [0.05, 0.1) is 7.11 Å². The second-order valence-corrected chi connectivity index (χ2v) is 4.39. The lowest BCUT2D eigenvalue weighted by Gasteiger charge is -2.29. The zero-order valence-electron chi connectivity index (χ0n) is 10.8. The first-order valence-electron chi connectivity index (χ1n) is 5.96. The number of methoxy groups -OCH3 is 1. The zero-order chi connectivity index (χ0) is 12.9. The first-order valence-corrected chi connectivity index (χ1v) is 5.96. The highest BCUT2D eigenvalue weighted by atomic mass is 16.5. The highest BCUT2D eigenvalue weighted by molar-refractivity contribution is 5.83. The van der Waals surface area contributed by atoms with E-state index in [0.29, 0.717) is 6.42 Å². The van der Waals surface area contributed by atoms with E-state index in [1.165, 1.54) is 12.7 Å². The van der Waals surface area contributed by atoms with Gasteiger partial charge < -0.3 is 10.5 Å². The molecule has 0 aliphatic rings. The maximum Gasteiger partial charge on any atom is 0.317 e. The van der Waals surface area contributed by atoms with Crippen molar-refractivity contribution in [1.82, 2.24) is 0 Å². The number of esters is 1. The Morgan fingerprint density at radius 3 is 2.35 bits per heavy atom. The minimum Gasteiger partial charge on any atom is -0.468 e. The van der Waals surface area contributed by atoms with Crippen LogP contribution in [0.1, 0.15) is 30.9 Å². The minimum atomic E-state index is -0.697. The number of nitrogens with two attached hydrogens (primary N) is 1. The largest absolute Gasteiger partial charge is 0.468 e. The van der Waals surface area contributed by atoms with Crippen molar-refractivity contribution in [3.05, 3.63) is 35.4 Å². The lowest BCUT2D eigenvalue weighted by atomic mass is 9.76. The van der Waals surface area contributed by atoms with Crippen LogP contribution in [-0.2, 0) is 14.9 Å². The van der Waals surface area contributed by atoms with Crippen molar-refractivity contribution < 1.29 is 9.53 Å². The summed E-state index contributed by atoms with van der Waals surface area (Å²) in [4.78, 5) is 12.0. The maximum atomic E-state index is 12.0. The third-order valence-corrected chi connectivity index (χ3v) is 3.21.